The molecule has 192 valence electrons. The molecule has 0 aliphatic carbocycles. The summed E-state index contributed by atoms with van der Waals surface area (Å²) in [5.74, 6) is -1.56. The molecule has 9 nitrogen and oxygen atoms in total. The summed E-state index contributed by atoms with van der Waals surface area (Å²) in [6.07, 6.45) is 1.71. The van der Waals surface area contributed by atoms with Crippen molar-refractivity contribution < 1.29 is 24.2 Å². The molecule has 1 aliphatic heterocycles. The number of aromatic carboxylic acids is 2. The number of rotatable bonds is 7. The van der Waals surface area contributed by atoms with Crippen LogP contribution in [-0.2, 0) is 0 Å². The topological polar surface area (TPSA) is 119 Å². The Kier molecular flexibility index (Phi) is 6.56. The molecular formula is C28H24N4O5S. The van der Waals surface area contributed by atoms with Gasteiger partial charge >= 0.3 is 11.9 Å². The average molecular weight is 529 g/mol. The van der Waals surface area contributed by atoms with Crippen LogP contribution in [0.5, 0.6) is 0 Å². The van der Waals surface area contributed by atoms with Crippen LogP contribution in [0.3, 0.4) is 0 Å². The molecule has 2 atom stereocenters. The lowest BCUT2D eigenvalue weighted by Gasteiger charge is -2.26. The highest BCUT2D eigenvalue weighted by Gasteiger charge is 2.42. The third-order valence-corrected chi connectivity index (χ3v) is 6.69. The van der Waals surface area contributed by atoms with Crippen molar-refractivity contribution in [3.63, 3.8) is 0 Å². The fraction of sp³-hybridized carbons (Fsp3) is 0.143. The minimum Gasteiger partial charge on any atom is -0.478 e. The Balaban J connectivity index is 1.60. The van der Waals surface area contributed by atoms with Crippen LogP contribution in [0.4, 0.5) is 11.4 Å². The Labute approximate surface area is 224 Å². The van der Waals surface area contributed by atoms with Gasteiger partial charge in [-0.25, -0.2) is 9.59 Å². The second-order valence-electron chi connectivity index (χ2n) is 9.02. The Morgan fingerprint density at radius 2 is 1.66 bits per heavy atom. The number of nitrogens with zero attached hydrogens (tertiary/aromatic N) is 3. The molecule has 4 aromatic rings. The molecule has 0 unspecified atom stereocenters. The van der Waals surface area contributed by atoms with E-state index in [2.05, 4.69) is 10.3 Å². The van der Waals surface area contributed by atoms with Gasteiger partial charge in [-0.05, 0) is 78.9 Å². The third kappa shape index (κ3) is 4.69. The molecule has 5 rings (SSSR count). The molecule has 1 fully saturated rings. The van der Waals surface area contributed by atoms with Crippen LogP contribution < -0.4 is 15.1 Å². The van der Waals surface area contributed by atoms with Crippen LogP contribution in [0.15, 0.2) is 83.4 Å². The highest BCUT2D eigenvalue weighted by molar-refractivity contribution is 7.80. The summed E-state index contributed by atoms with van der Waals surface area (Å²) >= 11 is 5.76. The van der Waals surface area contributed by atoms with Gasteiger partial charge in [0.1, 0.15) is 17.6 Å². The van der Waals surface area contributed by atoms with E-state index in [1.54, 1.807) is 18.3 Å². The van der Waals surface area contributed by atoms with E-state index in [9.17, 15) is 19.8 Å². The number of furan rings is 1. The number of thiocarbonyl (C=S) groups is 1. The molecule has 1 saturated heterocycles. The number of benzene rings is 2. The first-order chi connectivity index (χ1) is 18.2. The number of pyridine rings is 1. The first-order valence-electron chi connectivity index (χ1n) is 11.7. The molecule has 10 heteroatoms. The number of carboxylic acid groups (broad SMARTS) is 2. The van der Waals surface area contributed by atoms with E-state index in [0.717, 1.165) is 23.1 Å². The van der Waals surface area contributed by atoms with Crippen molar-refractivity contribution in [1.82, 2.24) is 10.3 Å². The van der Waals surface area contributed by atoms with E-state index in [-0.39, 0.29) is 17.2 Å². The van der Waals surface area contributed by atoms with Crippen LogP contribution in [0.2, 0.25) is 0 Å². The summed E-state index contributed by atoms with van der Waals surface area (Å²) in [5, 5.41) is 22.8. The Morgan fingerprint density at radius 3 is 2.24 bits per heavy atom. The van der Waals surface area contributed by atoms with E-state index in [1.807, 2.05) is 66.4 Å². The van der Waals surface area contributed by atoms with Crippen molar-refractivity contribution in [3.8, 4) is 11.3 Å². The molecule has 0 bridgehead atoms. The highest BCUT2D eigenvalue weighted by atomic mass is 32.1. The first-order valence-corrected chi connectivity index (χ1v) is 12.1. The summed E-state index contributed by atoms with van der Waals surface area (Å²) in [4.78, 5) is 31.7. The summed E-state index contributed by atoms with van der Waals surface area (Å²) in [6, 6.07) is 20.3. The summed E-state index contributed by atoms with van der Waals surface area (Å²) < 4.78 is 6.27. The van der Waals surface area contributed by atoms with Crippen molar-refractivity contribution in [2.75, 3.05) is 23.9 Å². The molecule has 3 heterocycles. The quantitative estimate of drug-likeness (QED) is 0.283. The predicted octanol–water partition coefficient (Wildman–Crippen LogP) is 4.98. The first kappa shape index (κ1) is 25.0. The van der Waals surface area contributed by atoms with Gasteiger partial charge < -0.3 is 29.7 Å². The van der Waals surface area contributed by atoms with Gasteiger partial charge in [0.05, 0.1) is 22.9 Å². The monoisotopic (exact) mass is 528 g/mol. The lowest BCUT2D eigenvalue weighted by atomic mass is 10.0. The maximum absolute atomic E-state index is 11.6. The van der Waals surface area contributed by atoms with E-state index < -0.39 is 18.0 Å². The van der Waals surface area contributed by atoms with Gasteiger partial charge in [0, 0.05) is 37.2 Å². The molecular weight excluding hydrogens is 504 g/mol. The van der Waals surface area contributed by atoms with Crippen molar-refractivity contribution in [1.29, 1.82) is 0 Å². The summed E-state index contributed by atoms with van der Waals surface area (Å²) in [6.45, 7) is 0. The van der Waals surface area contributed by atoms with Crippen molar-refractivity contribution in [2.24, 2.45) is 0 Å². The summed E-state index contributed by atoms with van der Waals surface area (Å²) in [7, 11) is 3.94. The van der Waals surface area contributed by atoms with Gasteiger partial charge in [-0.3, -0.25) is 4.98 Å². The normalized spacial score (nSPS) is 16.8. The zero-order valence-electron chi connectivity index (χ0n) is 20.5. The van der Waals surface area contributed by atoms with E-state index in [4.69, 9.17) is 16.6 Å². The van der Waals surface area contributed by atoms with Crippen molar-refractivity contribution in [3.05, 3.63) is 102 Å². The molecule has 2 aromatic heterocycles. The minimum atomic E-state index is -1.23. The summed E-state index contributed by atoms with van der Waals surface area (Å²) in [5.41, 5.74) is 2.73. The van der Waals surface area contributed by atoms with Crippen LogP contribution in [0.25, 0.3) is 11.3 Å². The number of hydrogen-bond acceptors (Lipinski definition) is 6. The van der Waals surface area contributed by atoms with Crippen molar-refractivity contribution >= 4 is 40.6 Å². The lowest BCUT2D eigenvalue weighted by molar-refractivity contribution is 0.0696. The van der Waals surface area contributed by atoms with Gasteiger partial charge in [0.15, 0.2) is 5.11 Å². The maximum Gasteiger partial charge on any atom is 0.335 e. The van der Waals surface area contributed by atoms with Gasteiger partial charge in [0.25, 0.3) is 0 Å². The zero-order chi connectivity index (χ0) is 27.0. The van der Waals surface area contributed by atoms with E-state index in [1.165, 1.54) is 12.1 Å². The standard InChI is InChI=1S/C28H24N4O5S/c1-31(2)19-6-8-20(9-7-19)32-25(24(30-28(32)38)21-5-3-4-12-29-21)23-11-10-22(37-23)16-13-17(26(33)34)15-18(14-16)27(35)36/h3-15,24-25H,1-2H3,(H,30,38)(H,33,34)(H,35,36)/t24-,25+/m1/s1. The molecule has 0 spiro atoms. The van der Waals surface area contributed by atoms with Gasteiger partial charge in [-0.15, -0.1) is 0 Å². The fourth-order valence-corrected chi connectivity index (χ4v) is 4.86. The Bertz CT molecular complexity index is 1490. The SMILES string of the molecule is CN(C)c1ccc(N2C(=S)N[C@H](c3ccccn3)[C@@H]2c2ccc(-c3cc(C(=O)O)cc(C(=O)O)c3)o2)cc1. The van der Waals surface area contributed by atoms with Crippen LogP contribution in [0, 0.1) is 0 Å². The average Bonchev–Trinajstić information content (AvgIpc) is 3.53. The Hall–Kier alpha value is -4.70. The number of carboxylic acids is 2. The zero-order valence-corrected chi connectivity index (χ0v) is 21.3. The third-order valence-electron chi connectivity index (χ3n) is 6.37. The number of carbonyl (C=O) groups is 2. The van der Waals surface area contributed by atoms with Crippen LogP contribution >= 0.6 is 12.2 Å². The molecule has 3 N–H and O–H groups in total. The molecule has 0 saturated carbocycles. The van der Waals surface area contributed by atoms with E-state index in [0.29, 0.717) is 22.2 Å². The van der Waals surface area contributed by atoms with E-state index >= 15 is 0 Å². The van der Waals surface area contributed by atoms with Crippen LogP contribution in [-0.4, -0.2) is 46.3 Å². The molecule has 0 amide bonds. The van der Waals surface area contributed by atoms with Gasteiger partial charge in [0.2, 0.25) is 0 Å². The number of aromatic nitrogens is 1. The maximum atomic E-state index is 11.6. The van der Waals surface area contributed by atoms with Gasteiger partial charge in [-0.1, -0.05) is 6.07 Å². The number of hydrogen-bond donors (Lipinski definition) is 3. The second-order valence-corrected chi connectivity index (χ2v) is 9.41. The molecule has 1 aliphatic rings. The smallest absolute Gasteiger partial charge is 0.335 e. The Morgan fingerprint density at radius 1 is 0.974 bits per heavy atom. The lowest BCUT2D eigenvalue weighted by Crippen LogP contribution is -2.29. The van der Waals surface area contributed by atoms with Crippen LogP contribution in [0.1, 0.15) is 44.3 Å². The van der Waals surface area contributed by atoms with Crippen molar-refractivity contribution in [2.45, 2.75) is 12.1 Å². The molecule has 38 heavy (non-hydrogen) atoms. The second kappa shape index (κ2) is 9.98. The minimum absolute atomic E-state index is 0.143. The number of nitrogens with one attached hydrogen (secondary N) is 1. The number of anilines is 2. The molecule has 0 radical (unpaired) electrons. The highest BCUT2D eigenvalue weighted by Crippen LogP contribution is 2.43. The predicted molar refractivity (Wildman–Crippen MR) is 147 cm³/mol. The fourth-order valence-electron chi connectivity index (χ4n) is 4.52. The molecule has 2 aromatic carbocycles. The largest absolute Gasteiger partial charge is 0.478 e. The van der Waals surface area contributed by atoms with Gasteiger partial charge in [-0.2, -0.15) is 0 Å².